The molecule has 2 heterocycles. The number of H-pyrrole nitrogens is 1. The summed E-state index contributed by atoms with van der Waals surface area (Å²) in [6.07, 6.45) is 3.53. The van der Waals surface area contributed by atoms with Crippen molar-refractivity contribution >= 4 is 38.6 Å². The van der Waals surface area contributed by atoms with Crippen LogP contribution < -0.4 is 4.90 Å². The molecule has 1 aliphatic rings. The number of nitro groups is 1. The maximum atomic E-state index is 10.8. The highest BCUT2D eigenvalue weighted by Crippen LogP contribution is 2.27. The molecule has 0 aliphatic carbocycles. The Morgan fingerprint density at radius 1 is 1.50 bits per heavy atom. The van der Waals surface area contributed by atoms with E-state index in [1.807, 2.05) is 0 Å². The molecule has 0 saturated carbocycles. The van der Waals surface area contributed by atoms with Crippen molar-refractivity contribution in [3.05, 3.63) is 28.3 Å². The third-order valence-electron chi connectivity index (χ3n) is 3.74. The van der Waals surface area contributed by atoms with Gasteiger partial charge in [-0.3, -0.25) is 10.1 Å². The number of rotatable bonds is 3. The third-order valence-corrected chi connectivity index (χ3v) is 4.49. The molecule has 2 aromatic rings. The van der Waals surface area contributed by atoms with Crippen LogP contribution in [0, 0.1) is 10.1 Å². The van der Waals surface area contributed by atoms with E-state index in [0.29, 0.717) is 11.6 Å². The molecule has 3 rings (SSSR count). The molecule has 1 aliphatic heterocycles. The SMILES string of the molecule is O=[N+]([O-])c1ccc2nc(N3CCCCC3CBr)[nH]c2c1. The van der Waals surface area contributed by atoms with Gasteiger partial charge in [0.25, 0.3) is 5.69 Å². The monoisotopic (exact) mass is 338 g/mol. The van der Waals surface area contributed by atoms with Crippen molar-refractivity contribution in [2.24, 2.45) is 0 Å². The zero-order valence-corrected chi connectivity index (χ0v) is 12.5. The second-order valence-corrected chi connectivity index (χ2v) is 5.66. The minimum Gasteiger partial charge on any atom is -0.339 e. The standard InChI is InChI=1S/C13H15BrN4O2/c14-8-10-3-1-2-6-17(10)13-15-11-5-4-9(18(19)20)7-12(11)16-13/h4-5,7,10H,1-3,6,8H2,(H,15,16). The first-order valence-electron chi connectivity index (χ1n) is 6.66. The molecule has 0 amide bonds. The van der Waals surface area contributed by atoms with Crippen molar-refractivity contribution in [2.75, 3.05) is 16.8 Å². The molecule has 7 heteroatoms. The molecule has 0 bridgehead atoms. The number of nitrogens with one attached hydrogen (secondary N) is 1. The van der Waals surface area contributed by atoms with Gasteiger partial charge in [0.15, 0.2) is 0 Å². The zero-order valence-electron chi connectivity index (χ0n) is 10.9. The Morgan fingerprint density at radius 3 is 3.10 bits per heavy atom. The van der Waals surface area contributed by atoms with Gasteiger partial charge in [0.2, 0.25) is 5.95 Å². The van der Waals surface area contributed by atoms with Gasteiger partial charge in [-0.1, -0.05) is 15.9 Å². The number of anilines is 1. The maximum absolute atomic E-state index is 10.8. The Balaban J connectivity index is 1.97. The molecule has 6 nitrogen and oxygen atoms in total. The van der Waals surface area contributed by atoms with Crippen molar-refractivity contribution in [1.82, 2.24) is 9.97 Å². The van der Waals surface area contributed by atoms with Gasteiger partial charge in [-0.15, -0.1) is 0 Å². The van der Waals surface area contributed by atoms with Gasteiger partial charge < -0.3 is 9.88 Å². The van der Waals surface area contributed by atoms with E-state index in [2.05, 4.69) is 30.8 Å². The molecule has 106 valence electrons. The van der Waals surface area contributed by atoms with Gasteiger partial charge in [0.1, 0.15) is 0 Å². The number of aromatic nitrogens is 2. The number of alkyl halides is 1. The maximum Gasteiger partial charge on any atom is 0.271 e. The summed E-state index contributed by atoms with van der Waals surface area (Å²) in [5.74, 6) is 0.810. The van der Waals surface area contributed by atoms with E-state index in [4.69, 9.17) is 0 Å². The number of halogens is 1. The number of aromatic amines is 1. The quantitative estimate of drug-likeness (QED) is 0.529. The molecule has 1 fully saturated rings. The average Bonchev–Trinajstić information content (AvgIpc) is 2.89. The number of benzene rings is 1. The fraction of sp³-hybridized carbons (Fsp3) is 0.462. The molecule has 0 radical (unpaired) electrons. The number of imidazole rings is 1. The summed E-state index contributed by atoms with van der Waals surface area (Å²) in [5.41, 5.74) is 1.57. The molecule has 1 N–H and O–H groups in total. The van der Waals surface area contributed by atoms with E-state index in [0.717, 1.165) is 36.2 Å². The molecule has 0 spiro atoms. The van der Waals surface area contributed by atoms with Crippen LogP contribution in [0.3, 0.4) is 0 Å². The number of non-ortho nitro benzene ring substituents is 1. The summed E-state index contributed by atoms with van der Waals surface area (Å²) in [5, 5.41) is 11.7. The first-order chi connectivity index (χ1) is 9.69. The first-order valence-corrected chi connectivity index (χ1v) is 7.78. The highest BCUT2D eigenvalue weighted by molar-refractivity contribution is 9.09. The molecule has 20 heavy (non-hydrogen) atoms. The Labute approximate surface area is 124 Å². The number of hydrogen-bond acceptors (Lipinski definition) is 4. The number of hydrogen-bond donors (Lipinski definition) is 1. The summed E-state index contributed by atoms with van der Waals surface area (Å²) >= 11 is 3.55. The Hall–Kier alpha value is -1.63. The van der Waals surface area contributed by atoms with Gasteiger partial charge in [0, 0.05) is 30.0 Å². The van der Waals surface area contributed by atoms with Gasteiger partial charge >= 0.3 is 0 Å². The summed E-state index contributed by atoms with van der Waals surface area (Å²) in [7, 11) is 0. The van der Waals surface area contributed by atoms with Crippen molar-refractivity contribution in [3.8, 4) is 0 Å². The summed E-state index contributed by atoms with van der Waals surface area (Å²) in [4.78, 5) is 20.4. The van der Waals surface area contributed by atoms with Crippen LogP contribution >= 0.6 is 15.9 Å². The second kappa shape index (κ2) is 5.40. The van der Waals surface area contributed by atoms with E-state index in [-0.39, 0.29) is 10.6 Å². The Bertz CT molecular complexity index is 642. The summed E-state index contributed by atoms with van der Waals surface area (Å²) in [6, 6.07) is 5.16. The molecule has 1 unspecified atom stereocenters. The van der Waals surface area contributed by atoms with Gasteiger partial charge in [-0.2, -0.15) is 0 Å². The van der Waals surface area contributed by atoms with E-state index < -0.39 is 0 Å². The third kappa shape index (κ3) is 2.37. The lowest BCUT2D eigenvalue weighted by Crippen LogP contribution is -2.41. The normalized spacial score (nSPS) is 19.4. The lowest BCUT2D eigenvalue weighted by Gasteiger charge is -2.34. The topological polar surface area (TPSA) is 75.1 Å². The van der Waals surface area contributed by atoms with E-state index in [9.17, 15) is 10.1 Å². The molecule has 1 atom stereocenters. The van der Waals surface area contributed by atoms with Crippen molar-refractivity contribution in [2.45, 2.75) is 25.3 Å². The molecule has 1 aromatic heterocycles. The van der Waals surface area contributed by atoms with E-state index >= 15 is 0 Å². The molecule has 1 aromatic carbocycles. The van der Waals surface area contributed by atoms with Crippen LogP contribution in [0.4, 0.5) is 11.6 Å². The minimum absolute atomic E-state index is 0.0865. The fourth-order valence-electron chi connectivity index (χ4n) is 2.67. The van der Waals surface area contributed by atoms with Crippen molar-refractivity contribution < 1.29 is 4.92 Å². The fourth-order valence-corrected chi connectivity index (χ4v) is 3.35. The minimum atomic E-state index is -0.387. The summed E-state index contributed by atoms with van der Waals surface area (Å²) in [6.45, 7) is 0.970. The first kappa shape index (κ1) is 13.4. The number of nitrogens with zero attached hydrogens (tertiary/aromatic N) is 3. The van der Waals surface area contributed by atoms with Crippen LogP contribution in [0.25, 0.3) is 11.0 Å². The van der Waals surface area contributed by atoms with E-state index in [1.54, 1.807) is 12.1 Å². The predicted molar refractivity (Wildman–Crippen MR) is 81.5 cm³/mol. The van der Waals surface area contributed by atoms with Crippen LogP contribution in [0.1, 0.15) is 19.3 Å². The highest BCUT2D eigenvalue weighted by Gasteiger charge is 2.24. The smallest absolute Gasteiger partial charge is 0.271 e. The lowest BCUT2D eigenvalue weighted by atomic mass is 10.0. The van der Waals surface area contributed by atoms with Crippen LogP contribution in [0.5, 0.6) is 0 Å². The molecular weight excluding hydrogens is 324 g/mol. The predicted octanol–water partition coefficient (Wildman–Crippen LogP) is 3.22. The average molecular weight is 339 g/mol. The highest BCUT2D eigenvalue weighted by atomic mass is 79.9. The van der Waals surface area contributed by atoms with Crippen LogP contribution in [0.15, 0.2) is 18.2 Å². The van der Waals surface area contributed by atoms with Crippen LogP contribution in [0.2, 0.25) is 0 Å². The second-order valence-electron chi connectivity index (χ2n) is 5.02. The van der Waals surface area contributed by atoms with Gasteiger partial charge in [-0.25, -0.2) is 4.98 Å². The lowest BCUT2D eigenvalue weighted by molar-refractivity contribution is -0.384. The van der Waals surface area contributed by atoms with Crippen LogP contribution in [-0.2, 0) is 0 Å². The van der Waals surface area contributed by atoms with Gasteiger partial charge in [-0.05, 0) is 25.3 Å². The molecule has 1 saturated heterocycles. The zero-order chi connectivity index (χ0) is 14.1. The molecular formula is C13H15BrN4O2. The summed E-state index contributed by atoms with van der Waals surface area (Å²) < 4.78 is 0. The Morgan fingerprint density at radius 2 is 2.35 bits per heavy atom. The van der Waals surface area contributed by atoms with Crippen molar-refractivity contribution in [1.29, 1.82) is 0 Å². The number of fused-ring (bicyclic) bond motifs is 1. The van der Waals surface area contributed by atoms with Gasteiger partial charge in [0.05, 0.1) is 16.0 Å². The number of piperidine rings is 1. The van der Waals surface area contributed by atoms with Crippen molar-refractivity contribution in [3.63, 3.8) is 0 Å². The van der Waals surface area contributed by atoms with Crippen LogP contribution in [-0.4, -0.2) is 32.8 Å². The number of nitro benzene ring substituents is 1. The largest absolute Gasteiger partial charge is 0.339 e. The van der Waals surface area contributed by atoms with E-state index in [1.165, 1.54) is 12.5 Å². The Kier molecular flexibility index (Phi) is 3.60.